The van der Waals surface area contributed by atoms with E-state index in [0.29, 0.717) is 32.4 Å². The van der Waals surface area contributed by atoms with Gasteiger partial charge < -0.3 is 27.0 Å². The molecule has 0 aliphatic rings. The van der Waals surface area contributed by atoms with Crippen LogP contribution in [-0.4, -0.2) is 66.6 Å². The monoisotopic (exact) mass is 384 g/mol. The van der Waals surface area contributed by atoms with E-state index in [1.165, 1.54) is 11.8 Å². The number of guanidine groups is 1. The standard InChI is InChI=1S/C17H32N6O4/c1-4-9-23(11-12(3)24)16(27)13(7-6-8-20-17(18)19)22-15(26)10-21-14(25)5-2/h13H,4-11H2,1-3H3,(H,21,25)(H,22,26)(H4,18,19,20)/t13-/m0/s1. The second-order valence-corrected chi connectivity index (χ2v) is 6.16. The Bertz CT molecular complexity index is 546. The summed E-state index contributed by atoms with van der Waals surface area (Å²) < 4.78 is 0. The van der Waals surface area contributed by atoms with Crippen molar-refractivity contribution in [3.8, 4) is 0 Å². The van der Waals surface area contributed by atoms with Gasteiger partial charge in [-0.25, -0.2) is 0 Å². The Morgan fingerprint density at radius 3 is 2.30 bits per heavy atom. The van der Waals surface area contributed by atoms with Gasteiger partial charge in [-0.3, -0.25) is 24.2 Å². The van der Waals surface area contributed by atoms with Crippen molar-refractivity contribution >= 4 is 29.5 Å². The molecule has 3 amide bonds. The maximum atomic E-state index is 12.8. The lowest BCUT2D eigenvalue weighted by Gasteiger charge is -2.27. The highest BCUT2D eigenvalue weighted by atomic mass is 16.2. The molecular formula is C17H32N6O4. The van der Waals surface area contributed by atoms with Gasteiger partial charge in [-0.2, -0.15) is 0 Å². The number of nitrogens with one attached hydrogen (secondary N) is 2. The van der Waals surface area contributed by atoms with Crippen LogP contribution in [0.1, 0.15) is 46.5 Å². The number of amides is 3. The predicted octanol–water partition coefficient (Wildman–Crippen LogP) is -1.12. The first-order valence-electron chi connectivity index (χ1n) is 9.10. The first-order chi connectivity index (χ1) is 12.7. The van der Waals surface area contributed by atoms with Gasteiger partial charge in [0.25, 0.3) is 0 Å². The average Bonchev–Trinajstić information content (AvgIpc) is 2.60. The van der Waals surface area contributed by atoms with Gasteiger partial charge in [-0.05, 0) is 26.2 Å². The molecule has 0 saturated carbocycles. The Morgan fingerprint density at radius 2 is 1.78 bits per heavy atom. The lowest BCUT2D eigenvalue weighted by Crippen LogP contribution is -2.51. The normalized spacial score (nSPS) is 11.2. The molecule has 0 spiro atoms. The summed E-state index contributed by atoms with van der Waals surface area (Å²) in [5, 5.41) is 5.09. The SMILES string of the molecule is CCCN(CC(C)=O)C(=O)[C@H](CCCN=C(N)N)NC(=O)CNC(=O)CC. The van der Waals surface area contributed by atoms with Crippen LogP contribution in [0.25, 0.3) is 0 Å². The van der Waals surface area contributed by atoms with E-state index in [1.54, 1.807) is 6.92 Å². The van der Waals surface area contributed by atoms with Crippen molar-refractivity contribution in [3.05, 3.63) is 0 Å². The van der Waals surface area contributed by atoms with Gasteiger partial charge >= 0.3 is 0 Å². The van der Waals surface area contributed by atoms with Gasteiger partial charge in [0.15, 0.2) is 5.96 Å². The number of nitrogens with two attached hydrogens (primary N) is 2. The van der Waals surface area contributed by atoms with Crippen LogP contribution in [0.5, 0.6) is 0 Å². The summed E-state index contributed by atoms with van der Waals surface area (Å²) in [5.41, 5.74) is 10.6. The van der Waals surface area contributed by atoms with Crippen LogP contribution >= 0.6 is 0 Å². The maximum absolute atomic E-state index is 12.8. The van der Waals surface area contributed by atoms with Gasteiger partial charge in [0, 0.05) is 19.5 Å². The third-order valence-corrected chi connectivity index (χ3v) is 3.56. The fourth-order valence-electron chi connectivity index (χ4n) is 2.34. The van der Waals surface area contributed by atoms with Crippen molar-refractivity contribution in [2.24, 2.45) is 16.5 Å². The molecule has 0 heterocycles. The molecule has 6 N–H and O–H groups in total. The molecule has 0 aliphatic heterocycles. The number of Topliss-reactive ketones (excluding diaryl/α,β-unsaturated/α-hetero) is 1. The van der Waals surface area contributed by atoms with Crippen molar-refractivity contribution in [1.82, 2.24) is 15.5 Å². The number of carbonyl (C=O) groups excluding carboxylic acids is 4. The Kier molecular flexibility index (Phi) is 12.2. The smallest absolute Gasteiger partial charge is 0.245 e. The van der Waals surface area contributed by atoms with Crippen LogP contribution in [0, 0.1) is 0 Å². The zero-order valence-electron chi connectivity index (χ0n) is 16.4. The fraction of sp³-hybridized carbons (Fsp3) is 0.706. The Balaban J connectivity index is 5.04. The molecule has 27 heavy (non-hydrogen) atoms. The minimum Gasteiger partial charge on any atom is -0.370 e. The van der Waals surface area contributed by atoms with E-state index in [2.05, 4.69) is 15.6 Å². The maximum Gasteiger partial charge on any atom is 0.245 e. The molecule has 0 rings (SSSR count). The molecule has 0 saturated heterocycles. The molecule has 0 aromatic rings. The van der Waals surface area contributed by atoms with Crippen molar-refractivity contribution in [1.29, 1.82) is 0 Å². The number of nitrogens with zero attached hydrogens (tertiary/aromatic N) is 2. The second kappa shape index (κ2) is 13.5. The first-order valence-corrected chi connectivity index (χ1v) is 9.10. The van der Waals surface area contributed by atoms with Crippen LogP contribution in [0.4, 0.5) is 0 Å². The molecule has 10 heteroatoms. The van der Waals surface area contributed by atoms with Gasteiger partial charge in [-0.15, -0.1) is 0 Å². The summed E-state index contributed by atoms with van der Waals surface area (Å²) in [7, 11) is 0. The molecule has 0 aromatic heterocycles. The number of aliphatic imine (C=N–C) groups is 1. The van der Waals surface area contributed by atoms with E-state index in [4.69, 9.17) is 11.5 Å². The quantitative estimate of drug-likeness (QED) is 0.179. The molecular weight excluding hydrogens is 352 g/mol. The highest BCUT2D eigenvalue weighted by Gasteiger charge is 2.26. The van der Waals surface area contributed by atoms with Gasteiger partial charge in [0.1, 0.15) is 11.8 Å². The Labute approximate surface area is 160 Å². The van der Waals surface area contributed by atoms with Crippen molar-refractivity contribution in [2.45, 2.75) is 52.5 Å². The third kappa shape index (κ3) is 11.6. The molecule has 0 aliphatic carbocycles. The van der Waals surface area contributed by atoms with Gasteiger partial charge in [0.05, 0.1) is 13.1 Å². The molecule has 0 radical (unpaired) electrons. The summed E-state index contributed by atoms with van der Waals surface area (Å²) in [5.74, 6) is -1.26. The van der Waals surface area contributed by atoms with Crippen molar-refractivity contribution in [3.63, 3.8) is 0 Å². The summed E-state index contributed by atoms with van der Waals surface area (Å²) >= 11 is 0. The van der Waals surface area contributed by atoms with E-state index < -0.39 is 11.9 Å². The topological polar surface area (TPSA) is 160 Å². The van der Waals surface area contributed by atoms with Crippen LogP contribution in [-0.2, 0) is 19.2 Å². The molecule has 0 unspecified atom stereocenters. The fourth-order valence-corrected chi connectivity index (χ4v) is 2.34. The summed E-state index contributed by atoms with van der Waals surface area (Å²) in [6, 6.07) is -0.823. The lowest BCUT2D eigenvalue weighted by molar-refractivity contribution is -0.139. The highest BCUT2D eigenvalue weighted by molar-refractivity contribution is 5.92. The van der Waals surface area contributed by atoms with Crippen molar-refractivity contribution < 1.29 is 19.2 Å². The van der Waals surface area contributed by atoms with Crippen LogP contribution in [0.2, 0.25) is 0 Å². The molecule has 154 valence electrons. The Hall–Kier alpha value is -2.65. The number of hydrogen-bond acceptors (Lipinski definition) is 5. The molecule has 10 nitrogen and oxygen atoms in total. The Morgan fingerprint density at radius 1 is 1.11 bits per heavy atom. The van der Waals surface area contributed by atoms with Crippen LogP contribution in [0.3, 0.4) is 0 Å². The van der Waals surface area contributed by atoms with Crippen LogP contribution < -0.4 is 22.1 Å². The first kappa shape index (κ1) is 24.4. The number of hydrogen-bond donors (Lipinski definition) is 4. The van der Waals surface area contributed by atoms with E-state index in [0.717, 1.165) is 0 Å². The zero-order valence-corrected chi connectivity index (χ0v) is 16.4. The summed E-state index contributed by atoms with van der Waals surface area (Å²) in [4.78, 5) is 52.9. The van der Waals surface area contributed by atoms with Crippen LogP contribution in [0.15, 0.2) is 4.99 Å². The summed E-state index contributed by atoms with van der Waals surface area (Å²) in [6.07, 6.45) is 1.72. The minimum absolute atomic E-state index is 0.0144. The minimum atomic E-state index is -0.823. The predicted molar refractivity (Wildman–Crippen MR) is 103 cm³/mol. The zero-order chi connectivity index (χ0) is 20.8. The molecule has 0 fully saturated rings. The number of ketones is 1. The summed E-state index contributed by atoms with van der Waals surface area (Å²) in [6.45, 7) is 5.47. The third-order valence-electron chi connectivity index (χ3n) is 3.56. The van der Waals surface area contributed by atoms with E-state index in [1.807, 2.05) is 6.92 Å². The molecule has 0 bridgehead atoms. The number of rotatable bonds is 13. The lowest BCUT2D eigenvalue weighted by atomic mass is 10.1. The van der Waals surface area contributed by atoms with E-state index >= 15 is 0 Å². The largest absolute Gasteiger partial charge is 0.370 e. The van der Waals surface area contributed by atoms with E-state index in [9.17, 15) is 19.2 Å². The second-order valence-electron chi connectivity index (χ2n) is 6.16. The number of carbonyl (C=O) groups is 4. The van der Waals surface area contributed by atoms with E-state index in [-0.39, 0.29) is 43.1 Å². The van der Waals surface area contributed by atoms with Crippen molar-refractivity contribution in [2.75, 3.05) is 26.2 Å². The molecule has 0 aromatic carbocycles. The molecule has 1 atom stereocenters. The van der Waals surface area contributed by atoms with Gasteiger partial charge in [0.2, 0.25) is 17.7 Å². The average molecular weight is 384 g/mol. The van der Waals surface area contributed by atoms with Gasteiger partial charge in [-0.1, -0.05) is 13.8 Å². The highest BCUT2D eigenvalue weighted by Crippen LogP contribution is 2.05.